The molecule has 2 N–H and O–H groups in total. The lowest BCUT2D eigenvalue weighted by Gasteiger charge is -2.11. The number of benzene rings is 1. The van der Waals surface area contributed by atoms with Crippen LogP contribution in [0.25, 0.3) is 15.9 Å². The van der Waals surface area contributed by atoms with Gasteiger partial charge in [0, 0.05) is 9.35 Å². The first-order valence-corrected chi connectivity index (χ1v) is 12.4. The molecule has 1 unspecified atom stereocenters. The highest BCUT2D eigenvalue weighted by atomic mass is 79.9. The van der Waals surface area contributed by atoms with Gasteiger partial charge in [-0.05, 0) is 47.2 Å². The molecule has 0 amide bonds. The molecule has 4 aromatic heterocycles. The second kappa shape index (κ2) is 6.96. The van der Waals surface area contributed by atoms with Crippen molar-refractivity contribution in [1.82, 2.24) is 19.8 Å². The molecule has 0 saturated heterocycles. The van der Waals surface area contributed by atoms with Crippen molar-refractivity contribution < 1.29 is 8.42 Å². The van der Waals surface area contributed by atoms with Crippen molar-refractivity contribution in [3.05, 3.63) is 68.3 Å². The van der Waals surface area contributed by atoms with E-state index in [1.807, 2.05) is 29.0 Å². The summed E-state index contributed by atoms with van der Waals surface area (Å²) in [6.07, 6.45) is 0. The fraction of sp³-hybridized carbons (Fsp3) is 0.0556. The van der Waals surface area contributed by atoms with Gasteiger partial charge < -0.3 is 5.73 Å². The van der Waals surface area contributed by atoms with Crippen LogP contribution in [-0.4, -0.2) is 28.2 Å². The lowest BCUT2D eigenvalue weighted by molar-refractivity contribution is 0.592. The molecule has 146 valence electrons. The van der Waals surface area contributed by atoms with E-state index in [1.165, 1.54) is 39.3 Å². The number of hydrogen-bond donors (Lipinski definition) is 1. The summed E-state index contributed by atoms with van der Waals surface area (Å²) in [5.74, 6) is 0. The van der Waals surface area contributed by atoms with E-state index in [0.29, 0.717) is 5.69 Å². The number of thiophene rings is 2. The third kappa shape index (κ3) is 3.01. The molecule has 11 heteroatoms. The molecule has 0 saturated carbocycles. The van der Waals surface area contributed by atoms with Crippen LogP contribution in [0.2, 0.25) is 0 Å². The Morgan fingerprint density at radius 2 is 1.86 bits per heavy atom. The van der Waals surface area contributed by atoms with E-state index >= 15 is 0 Å². The normalized spacial score (nSPS) is 13.3. The second-order valence-electron chi connectivity index (χ2n) is 6.21. The van der Waals surface area contributed by atoms with Crippen molar-refractivity contribution in [2.24, 2.45) is 5.73 Å². The van der Waals surface area contributed by atoms with E-state index in [4.69, 9.17) is 5.73 Å². The lowest BCUT2D eigenvalue weighted by Crippen LogP contribution is -2.14. The van der Waals surface area contributed by atoms with Crippen LogP contribution in [0.1, 0.15) is 16.6 Å². The Balaban J connectivity index is 1.77. The standard InChI is InChI=1S/C18H12BrN5O2S3/c19-10-3-5-11(6-4-10)29(25,26)18-17-21-15(14(20)13-2-1-8-27-13)16-12(7-9-28-16)24(17)23-22-18/h1-9,14H,20H2. The lowest BCUT2D eigenvalue weighted by atomic mass is 10.1. The Bertz CT molecular complexity index is 1440. The first kappa shape index (κ1) is 18.8. The van der Waals surface area contributed by atoms with Crippen LogP contribution in [0.5, 0.6) is 0 Å². The summed E-state index contributed by atoms with van der Waals surface area (Å²) in [5, 5.41) is 11.7. The fourth-order valence-electron chi connectivity index (χ4n) is 3.06. The molecule has 1 aromatic carbocycles. The number of nitrogens with two attached hydrogens (primary N) is 1. The van der Waals surface area contributed by atoms with E-state index in [1.54, 1.807) is 12.1 Å². The third-order valence-electron chi connectivity index (χ3n) is 4.47. The summed E-state index contributed by atoms with van der Waals surface area (Å²) in [6, 6.07) is 11.6. The van der Waals surface area contributed by atoms with E-state index in [-0.39, 0.29) is 15.6 Å². The Kier molecular flexibility index (Phi) is 4.51. The van der Waals surface area contributed by atoms with Gasteiger partial charge in [0.25, 0.3) is 0 Å². The summed E-state index contributed by atoms with van der Waals surface area (Å²) in [5.41, 5.74) is 7.99. The smallest absolute Gasteiger partial charge is 0.229 e. The molecule has 4 heterocycles. The molecule has 5 rings (SSSR count). The van der Waals surface area contributed by atoms with Gasteiger partial charge in [0.15, 0.2) is 5.65 Å². The van der Waals surface area contributed by atoms with Crippen molar-refractivity contribution in [3.63, 3.8) is 0 Å². The van der Waals surface area contributed by atoms with Crippen LogP contribution in [-0.2, 0) is 9.84 Å². The summed E-state index contributed by atoms with van der Waals surface area (Å²) >= 11 is 6.34. The molecule has 0 radical (unpaired) electrons. The van der Waals surface area contributed by atoms with Gasteiger partial charge in [0.05, 0.1) is 26.8 Å². The van der Waals surface area contributed by atoms with Crippen LogP contribution in [0, 0.1) is 0 Å². The van der Waals surface area contributed by atoms with Crippen LogP contribution >= 0.6 is 38.6 Å². The average Bonchev–Trinajstić information content (AvgIpc) is 3.46. The zero-order valence-electron chi connectivity index (χ0n) is 14.6. The quantitative estimate of drug-likeness (QED) is 0.395. The van der Waals surface area contributed by atoms with Crippen LogP contribution in [0.15, 0.2) is 67.6 Å². The van der Waals surface area contributed by atoms with E-state index < -0.39 is 15.9 Å². The van der Waals surface area contributed by atoms with Gasteiger partial charge >= 0.3 is 0 Å². The molecule has 0 fully saturated rings. The van der Waals surface area contributed by atoms with Crippen molar-refractivity contribution >= 4 is 64.3 Å². The van der Waals surface area contributed by atoms with Crippen LogP contribution in [0.4, 0.5) is 0 Å². The summed E-state index contributed by atoms with van der Waals surface area (Å²) < 4.78 is 29.5. The predicted octanol–water partition coefficient (Wildman–Crippen LogP) is 4.04. The Labute approximate surface area is 181 Å². The van der Waals surface area contributed by atoms with Gasteiger partial charge in [-0.25, -0.2) is 13.4 Å². The Morgan fingerprint density at radius 1 is 1.07 bits per heavy atom. The van der Waals surface area contributed by atoms with Gasteiger partial charge in [-0.3, -0.25) is 0 Å². The number of halogens is 1. The minimum Gasteiger partial charge on any atom is -0.318 e. The SMILES string of the molecule is NC(c1cccs1)c1nc2c(S(=O)(=O)c3ccc(Br)cc3)nnn2c2ccsc12. The number of sulfone groups is 1. The maximum atomic E-state index is 13.2. The molecule has 7 nitrogen and oxygen atoms in total. The molecular formula is C18H12BrN5O2S3. The molecule has 29 heavy (non-hydrogen) atoms. The minimum atomic E-state index is -3.90. The van der Waals surface area contributed by atoms with E-state index in [9.17, 15) is 8.42 Å². The monoisotopic (exact) mass is 505 g/mol. The van der Waals surface area contributed by atoms with Gasteiger partial charge in [0.2, 0.25) is 14.9 Å². The van der Waals surface area contributed by atoms with Crippen molar-refractivity contribution in [1.29, 1.82) is 0 Å². The van der Waals surface area contributed by atoms with E-state index in [0.717, 1.165) is 19.6 Å². The molecule has 1 atom stereocenters. The number of rotatable bonds is 4. The Hall–Kier alpha value is -2.18. The second-order valence-corrected chi connectivity index (χ2v) is 10.9. The summed E-state index contributed by atoms with van der Waals surface area (Å²) in [6.45, 7) is 0. The molecule has 0 aliphatic heterocycles. The highest BCUT2D eigenvalue weighted by Gasteiger charge is 2.28. The maximum Gasteiger partial charge on any atom is 0.229 e. The maximum absolute atomic E-state index is 13.2. The number of fused-ring (bicyclic) bond motifs is 3. The van der Waals surface area contributed by atoms with Crippen LogP contribution in [0.3, 0.4) is 0 Å². The largest absolute Gasteiger partial charge is 0.318 e. The van der Waals surface area contributed by atoms with Crippen molar-refractivity contribution in [3.8, 4) is 0 Å². The molecule has 0 aliphatic carbocycles. The van der Waals surface area contributed by atoms with Gasteiger partial charge in [0.1, 0.15) is 0 Å². The van der Waals surface area contributed by atoms with Gasteiger partial charge in [-0.15, -0.1) is 27.8 Å². The van der Waals surface area contributed by atoms with Gasteiger partial charge in [-0.2, -0.15) is 4.52 Å². The van der Waals surface area contributed by atoms with Crippen LogP contribution < -0.4 is 5.73 Å². The zero-order chi connectivity index (χ0) is 20.2. The summed E-state index contributed by atoms with van der Waals surface area (Å²) in [4.78, 5) is 5.71. The minimum absolute atomic E-state index is 0.124. The first-order chi connectivity index (χ1) is 14.0. The highest BCUT2D eigenvalue weighted by molar-refractivity contribution is 9.10. The molecular weight excluding hydrogens is 494 g/mol. The average molecular weight is 506 g/mol. The fourth-order valence-corrected chi connectivity index (χ4v) is 6.19. The zero-order valence-corrected chi connectivity index (χ0v) is 18.6. The Morgan fingerprint density at radius 3 is 2.59 bits per heavy atom. The topological polar surface area (TPSA) is 103 Å². The van der Waals surface area contributed by atoms with E-state index in [2.05, 4.69) is 31.2 Å². The molecule has 5 aromatic rings. The molecule has 0 aliphatic rings. The third-order valence-corrected chi connectivity index (χ3v) is 8.55. The number of nitrogens with zero attached hydrogens (tertiary/aromatic N) is 4. The van der Waals surface area contributed by atoms with Gasteiger partial charge in [-0.1, -0.05) is 27.2 Å². The first-order valence-electron chi connectivity index (χ1n) is 8.39. The predicted molar refractivity (Wildman–Crippen MR) is 116 cm³/mol. The number of hydrogen-bond acceptors (Lipinski definition) is 8. The van der Waals surface area contributed by atoms with Crippen molar-refractivity contribution in [2.75, 3.05) is 0 Å². The molecule has 0 bridgehead atoms. The van der Waals surface area contributed by atoms with Crippen molar-refractivity contribution in [2.45, 2.75) is 16.0 Å². The summed E-state index contributed by atoms with van der Waals surface area (Å²) in [7, 11) is -3.90. The highest BCUT2D eigenvalue weighted by Crippen LogP contribution is 2.33. The molecule has 0 spiro atoms. The number of aromatic nitrogens is 4.